The van der Waals surface area contributed by atoms with Crippen molar-refractivity contribution < 1.29 is 0 Å². The molecule has 0 aliphatic rings. The Labute approximate surface area is 127 Å². The molecule has 0 radical (unpaired) electrons. The minimum absolute atomic E-state index is 0.394. The first-order valence-electron chi connectivity index (χ1n) is 8.18. The molecule has 112 valence electrons. The monoisotopic (exact) mass is 283 g/mol. The number of benzene rings is 1. The van der Waals surface area contributed by atoms with Gasteiger partial charge in [-0.1, -0.05) is 57.6 Å². The number of nitrogens with zero attached hydrogens (tertiary/aromatic N) is 3. The van der Waals surface area contributed by atoms with Gasteiger partial charge in [0.1, 0.15) is 5.82 Å². The zero-order chi connectivity index (χ0) is 14.9. The summed E-state index contributed by atoms with van der Waals surface area (Å²) in [5, 5.41) is 8.96. The second-order valence-corrected chi connectivity index (χ2v) is 5.62. The van der Waals surface area contributed by atoms with Crippen LogP contribution in [-0.4, -0.2) is 9.55 Å². The number of hydrogen-bond acceptors (Lipinski definition) is 2. The number of unbranched alkanes of at least 4 members (excludes halogenated alkanes) is 6. The maximum absolute atomic E-state index is 8.96. The largest absolute Gasteiger partial charge is 0.327 e. The van der Waals surface area contributed by atoms with Crippen molar-refractivity contribution in [2.45, 2.75) is 64.8 Å². The van der Waals surface area contributed by atoms with Gasteiger partial charge in [-0.3, -0.25) is 0 Å². The number of rotatable bonds is 9. The number of nitriles is 1. The first-order chi connectivity index (χ1) is 10.4. The Balaban J connectivity index is 1.91. The fraction of sp³-hybridized carbons (Fsp3) is 0.556. The fourth-order valence-corrected chi connectivity index (χ4v) is 2.81. The quantitative estimate of drug-likeness (QED) is 0.617. The first kappa shape index (κ1) is 15.6. The van der Waals surface area contributed by atoms with Gasteiger partial charge in [-0.05, 0) is 18.6 Å². The highest BCUT2D eigenvalue weighted by atomic mass is 15.1. The molecule has 1 heterocycles. The third-order valence-electron chi connectivity index (χ3n) is 3.96. The van der Waals surface area contributed by atoms with Crippen LogP contribution in [0.15, 0.2) is 24.3 Å². The van der Waals surface area contributed by atoms with E-state index >= 15 is 0 Å². The Morgan fingerprint density at radius 1 is 1.05 bits per heavy atom. The third kappa shape index (κ3) is 4.32. The lowest BCUT2D eigenvalue weighted by Crippen LogP contribution is -2.03. The minimum atomic E-state index is 0.394. The average molecular weight is 283 g/mol. The van der Waals surface area contributed by atoms with Crippen molar-refractivity contribution in [2.75, 3.05) is 0 Å². The zero-order valence-electron chi connectivity index (χ0n) is 13.0. The predicted molar refractivity (Wildman–Crippen MR) is 87.0 cm³/mol. The van der Waals surface area contributed by atoms with E-state index in [1.807, 2.05) is 18.2 Å². The van der Waals surface area contributed by atoms with Gasteiger partial charge in [-0.2, -0.15) is 5.26 Å². The Bertz CT molecular complexity index is 592. The Hall–Kier alpha value is -1.82. The van der Waals surface area contributed by atoms with Crippen molar-refractivity contribution >= 4 is 11.0 Å². The number of hydrogen-bond donors (Lipinski definition) is 0. The summed E-state index contributed by atoms with van der Waals surface area (Å²) in [6.07, 6.45) is 9.53. The molecule has 0 unspecified atom stereocenters. The molecule has 0 atom stereocenters. The molecule has 1 aromatic carbocycles. The molecule has 0 saturated carbocycles. The molecule has 0 fully saturated rings. The van der Waals surface area contributed by atoms with Crippen LogP contribution in [0.5, 0.6) is 0 Å². The highest BCUT2D eigenvalue weighted by Gasteiger charge is 2.09. The highest BCUT2D eigenvalue weighted by molar-refractivity contribution is 5.75. The van der Waals surface area contributed by atoms with Gasteiger partial charge >= 0.3 is 0 Å². The van der Waals surface area contributed by atoms with E-state index in [2.05, 4.69) is 28.6 Å². The molecule has 0 bridgehead atoms. The summed E-state index contributed by atoms with van der Waals surface area (Å²) in [6.45, 7) is 3.23. The summed E-state index contributed by atoms with van der Waals surface area (Å²) in [5.41, 5.74) is 2.17. The lowest BCUT2D eigenvalue weighted by atomic mass is 10.1. The van der Waals surface area contributed by atoms with Crippen LogP contribution in [0.25, 0.3) is 11.0 Å². The molecular formula is C18H25N3. The lowest BCUT2D eigenvalue weighted by Gasteiger charge is -2.07. The summed E-state index contributed by atoms with van der Waals surface area (Å²) in [4.78, 5) is 4.58. The van der Waals surface area contributed by atoms with E-state index in [1.165, 1.54) is 44.9 Å². The van der Waals surface area contributed by atoms with Gasteiger partial charge in [0, 0.05) is 6.54 Å². The van der Waals surface area contributed by atoms with Crippen molar-refractivity contribution in [1.29, 1.82) is 5.26 Å². The van der Waals surface area contributed by atoms with E-state index in [9.17, 15) is 0 Å². The smallest absolute Gasteiger partial charge is 0.124 e. The van der Waals surface area contributed by atoms with Crippen LogP contribution in [0.4, 0.5) is 0 Å². The van der Waals surface area contributed by atoms with Crippen molar-refractivity contribution in [3.8, 4) is 6.07 Å². The second-order valence-electron chi connectivity index (χ2n) is 5.62. The first-order valence-corrected chi connectivity index (χ1v) is 8.18. The Kier molecular flexibility index (Phi) is 6.27. The fourth-order valence-electron chi connectivity index (χ4n) is 2.81. The molecule has 2 rings (SSSR count). The Morgan fingerprint density at radius 3 is 2.52 bits per heavy atom. The molecule has 3 nitrogen and oxygen atoms in total. The zero-order valence-corrected chi connectivity index (χ0v) is 13.0. The van der Waals surface area contributed by atoms with Crippen molar-refractivity contribution in [2.24, 2.45) is 0 Å². The summed E-state index contributed by atoms with van der Waals surface area (Å²) < 4.78 is 2.23. The summed E-state index contributed by atoms with van der Waals surface area (Å²) in [6, 6.07) is 10.4. The van der Waals surface area contributed by atoms with Crippen LogP contribution in [0.2, 0.25) is 0 Å². The van der Waals surface area contributed by atoms with Gasteiger partial charge < -0.3 is 4.57 Å². The van der Waals surface area contributed by atoms with Crippen LogP contribution >= 0.6 is 0 Å². The molecule has 0 saturated heterocycles. The average Bonchev–Trinajstić information content (AvgIpc) is 2.84. The molecule has 1 aromatic heterocycles. The molecular weight excluding hydrogens is 258 g/mol. The van der Waals surface area contributed by atoms with Crippen LogP contribution in [0.3, 0.4) is 0 Å². The summed E-state index contributed by atoms with van der Waals surface area (Å²) >= 11 is 0. The predicted octanol–water partition coefficient (Wildman–Crippen LogP) is 4.85. The van der Waals surface area contributed by atoms with E-state index in [0.717, 1.165) is 23.4 Å². The molecule has 2 aromatic rings. The molecule has 0 aliphatic heterocycles. The van der Waals surface area contributed by atoms with Gasteiger partial charge in [0.05, 0.1) is 23.5 Å². The summed E-state index contributed by atoms with van der Waals surface area (Å²) in [7, 11) is 0. The van der Waals surface area contributed by atoms with Crippen LogP contribution < -0.4 is 0 Å². The molecule has 21 heavy (non-hydrogen) atoms. The van der Waals surface area contributed by atoms with Gasteiger partial charge in [-0.25, -0.2) is 4.98 Å². The maximum atomic E-state index is 8.96. The molecule has 3 heteroatoms. The van der Waals surface area contributed by atoms with Crippen LogP contribution in [0, 0.1) is 11.3 Å². The van der Waals surface area contributed by atoms with Gasteiger partial charge in [0.15, 0.2) is 0 Å². The van der Waals surface area contributed by atoms with Gasteiger partial charge in [-0.15, -0.1) is 0 Å². The molecule has 0 aliphatic carbocycles. The highest BCUT2D eigenvalue weighted by Crippen LogP contribution is 2.18. The standard InChI is InChI=1S/C18H25N3/c1-2-3-4-5-6-7-10-15-21-17-12-9-8-11-16(17)20-18(21)13-14-19/h8-9,11-12H,2-7,10,13,15H2,1H3. The lowest BCUT2D eigenvalue weighted by molar-refractivity contribution is 0.548. The van der Waals surface area contributed by atoms with Crippen molar-refractivity contribution in [3.05, 3.63) is 30.1 Å². The third-order valence-corrected chi connectivity index (χ3v) is 3.96. The molecule has 0 amide bonds. The van der Waals surface area contributed by atoms with Crippen molar-refractivity contribution in [1.82, 2.24) is 9.55 Å². The van der Waals surface area contributed by atoms with E-state index in [-0.39, 0.29) is 0 Å². The minimum Gasteiger partial charge on any atom is -0.327 e. The number of imidazole rings is 1. The van der Waals surface area contributed by atoms with E-state index in [4.69, 9.17) is 5.26 Å². The van der Waals surface area contributed by atoms with E-state index in [0.29, 0.717) is 6.42 Å². The number of aryl methyl sites for hydroxylation is 1. The SMILES string of the molecule is CCCCCCCCCn1c(CC#N)nc2ccccc21. The topological polar surface area (TPSA) is 41.6 Å². The molecule has 0 N–H and O–H groups in total. The normalized spacial score (nSPS) is 10.9. The van der Waals surface area contributed by atoms with Gasteiger partial charge in [0.25, 0.3) is 0 Å². The van der Waals surface area contributed by atoms with Crippen LogP contribution in [0.1, 0.15) is 57.7 Å². The number of para-hydroxylation sites is 2. The number of fused-ring (bicyclic) bond motifs is 1. The molecule has 0 spiro atoms. The summed E-state index contributed by atoms with van der Waals surface area (Å²) in [5.74, 6) is 0.907. The van der Waals surface area contributed by atoms with E-state index < -0.39 is 0 Å². The Morgan fingerprint density at radius 2 is 1.76 bits per heavy atom. The van der Waals surface area contributed by atoms with Gasteiger partial charge in [0.2, 0.25) is 0 Å². The van der Waals surface area contributed by atoms with Crippen molar-refractivity contribution in [3.63, 3.8) is 0 Å². The maximum Gasteiger partial charge on any atom is 0.124 e. The van der Waals surface area contributed by atoms with Crippen LogP contribution in [-0.2, 0) is 13.0 Å². The number of aromatic nitrogens is 2. The second kappa shape index (κ2) is 8.46. The van der Waals surface area contributed by atoms with E-state index in [1.54, 1.807) is 0 Å².